The third-order valence-electron chi connectivity index (χ3n) is 4.25. The lowest BCUT2D eigenvalue weighted by molar-refractivity contribution is -0.137. The summed E-state index contributed by atoms with van der Waals surface area (Å²) >= 11 is 7.16. The predicted octanol–water partition coefficient (Wildman–Crippen LogP) is 3.55. The third kappa shape index (κ3) is 5.70. The van der Waals surface area contributed by atoms with E-state index >= 15 is 0 Å². The van der Waals surface area contributed by atoms with Gasteiger partial charge in [0.05, 0.1) is 0 Å². The summed E-state index contributed by atoms with van der Waals surface area (Å²) in [5.41, 5.74) is 2.53. The van der Waals surface area contributed by atoms with Gasteiger partial charge in [-0.05, 0) is 43.3 Å². The molecule has 27 heavy (non-hydrogen) atoms. The molecule has 7 heteroatoms. The van der Waals surface area contributed by atoms with Gasteiger partial charge in [0.15, 0.2) is 0 Å². The molecule has 1 fully saturated rings. The number of rotatable bonds is 5. The average molecular weight is 409 g/mol. The molecule has 1 aromatic rings. The number of thioether (sulfide) groups is 1. The molecule has 1 aromatic carbocycles. The van der Waals surface area contributed by atoms with E-state index in [2.05, 4.69) is 20.8 Å². The number of benzene rings is 1. The molecule has 0 saturated carbocycles. The number of carboxylic acids is 1. The van der Waals surface area contributed by atoms with Crippen molar-refractivity contribution in [1.82, 2.24) is 9.80 Å². The Labute approximate surface area is 171 Å². The molecule has 0 radical (unpaired) electrons. The Morgan fingerprint density at radius 2 is 2.04 bits per heavy atom. The third-order valence-corrected chi connectivity index (χ3v) is 5.86. The van der Waals surface area contributed by atoms with E-state index in [1.807, 2.05) is 37.2 Å². The Bertz CT molecular complexity index is 767. The zero-order valence-electron chi connectivity index (χ0n) is 16.6. The summed E-state index contributed by atoms with van der Waals surface area (Å²) < 4.78 is 0. The number of hydrogen-bond acceptors (Lipinski definition) is 5. The highest BCUT2D eigenvalue weighted by Gasteiger charge is 2.24. The van der Waals surface area contributed by atoms with Gasteiger partial charge in [0.25, 0.3) is 0 Å². The topological polar surface area (TPSA) is 64.0 Å². The SMILES string of the molecule is CN(C)Cc1cc(/C=C2/SCCN(CC(=O)O)C2=S)cc(C(C)(C)C)c1O. The van der Waals surface area contributed by atoms with Crippen molar-refractivity contribution in [3.63, 3.8) is 0 Å². The van der Waals surface area contributed by atoms with Crippen LogP contribution in [-0.2, 0) is 16.8 Å². The van der Waals surface area contributed by atoms with Gasteiger partial charge >= 0.3 is 5.97 Å². The first-order valence-electron chi connectivity index (χ1n) is 8.85. The minimum Gasteiger partial charge on any atom is -0.507 e. The summed E-state index contributed by atoms with van der Waals surface area (Å²) in [6.45, 7) is 7.43. The maximum atomic E-state index is 11.1. The number of aromatic hydroxyl groups is 1. The summed E-state index contributed by atoms with van der Waals surface area (Å²) in [5.74, 6) is 0.259. The maximum Gasteiger partial charge on any atom is 0.323 e. The lowest BCUT2D eigenvalue weighted by atomic mass is 9.84. The summed E-state index contributed by atoms with van der Waals surface area (Å²) in [4.78, 5) is 16.3. The fourth-order valence-corrected chi connectivity index (χ4v) is 4.38. The van der Waals surface area contributed by atoms with Crippen molar-refractivity contribution in [2.75, 3.05) is 32.9 Å². The molecule has 2 N–H and O–H groups in total. The number of phenols is 1. The standard InChI is InChI=1S/C20H28N2O3S2/c1-20(2,3)15-9-13(8-14(18(15)25)11-21(4)5)10-16-19(26)22(6-7-27-16)12-17(23)24/h8-10,25H,6-7,11-12H2,1-5H3,(H,23,24)/b16-10+. The second-order valence-electron chi connectivity index (χ2n) is 8.04. The van der Waals surface area contributed by atoms with Crippen LogP contribution < -0.4 is 0 Å². The van der Waals surface area contributed by atoms with Crippen molar-refractivity contribution in [1.29, 1.82) is 0 Å². The average Bonchev–Trinajstić information content (AvgIpc) is 2.52. The number of thiocarbonyl (C=S) groups is 1. The largest absolute Gasteiger partial charge is 0.507 e. The number of hydrogen-bond donors (Lipinski definition) is 2. The van der Waals surface area contributed by atoms with Gasteiger partial charge in [-0.3, -0.25) is 4.79 Å². The quantitative estimate of drug-likeness (QED) is 0.570. The monoisotopic (exact) mass is 408 g/mol. The number of carbonyl (C=O) groups is 1. The summed E-state index contributed by atoms with van der Waals surface area (Å²) in [7, 11) is 3.94. The molecule has 0 bridgehead atoms. The van der Waals surface area contributed by atoms with Gasteiger partial charge in [0.2, 0.25) is 0 Å². The van der Waals surface area contributed by atoms with Crippen molar-refractivity contribution >= 4 is 41.0 Å². The van der Waals surface area contributed by atoms with E-state index in [4.69, 9.17) is 17.3 Å². The highest BCUT2D eigenvalue weighted by molar-refractivity contribution is 8.05. The number of nitrogens with zero attached hydrogens (tertiary/aromatic N) is 2. The molecule has 5 nitrogen and oxygen atoms in total. The minimum absolute atomic E-state index is 0.0779. The first-order chi connectivity index (χ1) is 12.5. The highest BCUT2D eigenvalue weighted by atomic mass is 32.2. The molecule has 0 unspecified atom stereocenters. The van der Waals surface area contributed by atoms with Crippen molar-refractivity contribution in [2.45, 2.75) is 32.7 Å². The van der Waals surface area contributed by atoms with Gasteiger partial charge in [0, 0.05) is 34.9 Å². The smallest absolute Gasteiger partial charge is 0.323 e. The van der Waals surface area contributed by atoms with Crippen molar-refractivity contribution in [3.05, 3.63) is 33.7 Å². The van der Waals surface area contributed by atoms with E-state index in [1.54, 1.807) is 16.7 Å². The van der Waals surface area contributed by atoms with Crippen LogP contribution in [0.1, 0.15) is 37.5 Å². The molecular formula is C20H28N2O3S2. The number of carboxylic acid groups (broad SMARTS) is 1. The molecule has 0 aromatic heterocycles. The van der Waals surface area contributed by atoms with E-state index in [0.29, 0.717) is 23.8 Å². The van der Waals surface area contributed by atoms with Crippen molar-refractivity contribution in [2.24, 2.45) is 0 Å². The van der Waals surface area contributed by atoms with Crippen LogP contribution in [-0.4, -0.2) is 63.9 Å². The number of aliphatic carboxylic acids is 1. The fourth-order valence-electron chi connectivity index (χ4n) is 2.99. The van der Waals surface area contributed by atoms with Gasteiger partial charge in [-0.2, -0.15) is 0 Å². The second kappa shape index (κ2) is 8.63. The Kier molecular flexibility index (Phi) is 6.94. The molecule has 148 valence electrons. The molecule has 0 amide bonds. The maximum absolute atomic E-state index is 11.1. The normalized spacial score (nSPS) is 17.0. The fraction of sp³-hybridized carbons (Fsp3) is 0.500. The Balaban J connectivity index is 2.46. The summed E-state index contributed by atoms with van der Waals surface area (Å²) in [6, 6.07) is 3.98. The predicted molar refractivity (Wildman–Crippen MR) is 116 cm³/mol. The van der Waals surface area contributed by atoms with Gasteiger partial charge in [-0.1, -0.05) is 33.0 Å². The van der Waals surface area contributed by atoms with E-state index in [-0.39, 0.29) is 12.0 Å². The Morgan fingerprint density at radius 1 is 1.37 bits per heavy atom. The van der Waals surface area contributed by atoms with E-state index in [0.717, 1.165) is 27.3 Å². The summed E-state index contributed by atoms with van der Waals surface area (Å²) in [6.07, 6.45) is 2.01. The molecule has 0 atom stereocenters. The van der Waals surface area contributed by atoms with Gasteiger partial charge in [-0.15, -0.1) is 11.8 Å². The Hall–Kier alpha value is -1.57. The van der Waals surface area contributed by atoms with Crippen LogP contribution in [0, 0.1) is 0 Å². The molecule has 2 rings (SSSR count). The lowest BCUT2D eigenvalue weighted by Gasteiger charge is -2.29. The van der Waals surface area contributed by atoms with Crippen LogP contribution in [0.3, 0.4) is 0 Å². The second-order valence-corrected chi connectivity index (χ2v) is 9.56. The molecule has 1 heterocycles. The van der Waals surface area contributed by atoms with Crippen LogP contribution in [0.5, 0.6) is 5.75 Å². The van der Waals surface area contributed by atoms with Gasteiger partial charge in [-0.25, -0.2) is 0 Å². The van der Waals surface area contributed by atoms with Crippen molar-refractivity contribution in [3.8, 4) is 5.75 Å². The van der Waals surface area contributed by atoms with Crippen LogP contribution in [0.2, 0.25) is 0 Å². The molecule has 1 aliphatic heterocycles. The lowest BCUT2D eigenvalue weighted by Crippen LogP contribution is -2.39. The van der Waals surface area contributed by atoms with E-state index < -0.39 is 5.97 Å². The zero-order chi connectivity index (χ0) is 20.4. The van der Waals surface area contributed by atoms with Gasteiger partial charge in [0.1, 0.15) is 17.3 Å². The minimum atomic E-state index is -0.878. The molecule has 1 saturated heterocycles. The molecule has 0 aliphatic carbocycles. The van der Waals surface area contributed by atoms with Crippen LogP contribution in [0.15, 0.2) is 17.0 Å². The first-order valence-corrected chi connectivity index (χ1v) is 10.2. The van der Waals surface area contributed by atoms with Crippen LogP contribution >= 0.6 is 24.0 Å². The van der Waals surface area contributed by atoms with Gasteiger partial charge < -0.3 is 20.0 Å². The zero-order valence-corrected chi connectivity index (χ0v) is 18.2. The highest BCUT2D eigenvalue weighted by Crippen LogP contribution is 2.36. The van der Waals surface area contributed by atoms with E-state index in [9.17, 15) is 9.90 Å². The van der Waals surface area contributed by atoms with Crippen molar-refractivity contribution < 1.29 is 15.0 Å². The van der Waals surface area contributed by atoms with E-state index in [1.165, 1.54) is 0 Å². The number of phenolic OH excluding ortho intramolecular Hbond substituents is 1. The molecule has 0 spiro atoms. The first kappa shape index (κ1) is 21.7. The van der Waals surface area contributed by atoms with Crippen LogP contribution in [0.4, 0.5) is 0 Å². The molecular weight excluding hydrogens is 380 g/mol. The summed E-state index contributed by atoms with van der Waals surface area (Å²) in [5, 5.41) is 19.8. The molecule has 1 aliphatic rings. The Morgan fingerprint density at radius 3 is 2.59 bits per heavy atom. The van der Waals surface area contributed by atoms with Crippen LogP contribution in [0.25, 0.3) is 6.08 Å².